The second-order valence-corrected chi connectivity index (χ2v) is 3.62. The van der Waals surface area contributed by atoms with Crippen molar-refractivity contribution in [3.05, 3.63) is 0 Å². The van der Waals surface area contributed by atoms with Crippen molar-refractivity contribution >= 4 is 5.91 Å². The van der Waals surface area contributed by atoms with Gasteiger partial charge in [-0.2, -0.15) is 0 Å². The van der Waals surface area contributed by atoms with Crippen LogP contribution in [0.15, 0.2) is 0 Å². The monoisotopic (exact) mass is 139 g/mol. The van der Waals surface area contributed by atoms with E-state index in [0.29, 0.717) is 11.8 Å². The van der Waals surface area contributed by atoms with Gasteiger partial charge in [0, 0.05) is 19.0 Å². The van der Waals surface area contributed by atoms with Crippen LogP contribution in [0, 0.1) is 11.8 Å². The van der Waals surface area contributed by atoms with Crippen LogP contribution in [-0.2, 0) is 4.79 Å². The molecule has 0 unspecified atom stereocenters. The Labute approximate surface area is 61.2 Å². The summed E-state index contributed by atoms with van der Waals surface area (Å²) in [6.07, 6.45) is 2.29. The van der Waals surface area contributed by atoms with Crippen molar-refractivity contribution in [1.29, 1.82) is 0 Å². The molecule has 0 spiro atoms. The predicted octanol–water partition coefficient (Wildman–Crippen LogP) is 0.875. The summed E-state index contributed by atoms with van der Waals surface area (Å²) < 4.78 is 0. The predicted molar refractivity (Wildman–Crippen MR) is 38.5 cm³/mol. The van der Waals surface area contributed by atoms with Gasteiger partial charge in [0.15, 0.2) is 0 Å². The minimum absolute atomic E-state index is 0.415. The lowest BCUT2D eigenvalue weighted by molar-refractivity contribution is -0.138. The summed E-state index contributed by atoms with van der Waals surface area (Å²) in [5, 5.41) is 0. The normalized spacial score (nSPS) is 26.3. The number of likely N-dealkylation sites (tertiary alicyclic amines) is 1. The molecule has 0 aromatic heterocycles. The Balaban J connectivity index is 1.83. The molecule has 0 radical (unpaired) electrons. The smallest absolute Gasteiger partial charge is 0.225 e. The summed E-state index contributed by atoms with van der Waals surface area (Å²) in [5.41, 5.74) is 0. The maximum Gasteiger partial charge on any atom is 0.225 e. The maximum atomic E-state index is 11.3. The van der Waals surface area contributed by atoms with Crippen LogP contribution in [0.3, 0.4) is 0 Å². The van der Waals surface area contributed by atoms with Crippen molar-refractivity contribution in [2.24, 2.45) is 11.8 Å². The summed E-state index contributed by atoms with van der Waals surface area (Å²) in [7, 11) is 0. The van der Waals surface area contributed by atoms with Gasteiger partial charge in [-0.1, -0.05) is 6.92 Å². The fourth-order valence-electron chi connectivity index (χ4n) is 1.47. The van der Waals surface area contributed by atoms with E-state index in [-0.39, 0.29) is 0 Å². The van der Waals surface area contributed by atoms with Crippen LogP contribution in [-0.4, -0.2) is 23.9 Å². The van der Waals surface area contributed by atoms with Crippen LogP contribution >= 0.6 is 0 Å². The Morgan fingerprint density at radius 1 is 1.40 bits per heavy atom. The zero-order chi connectivity index (χ0) is 7.14. The van der Waals surface area contributed by atoms with E-state index in [9.17, 15) is 4.79 Å². The molecule has 0 aromatic carbocycles. The SMILES string of the molecule is CC1CN(C(=O)C2CC2)C1. The number of carbonyl (C=O) groups is 1. The lowest BCUT2D eigenvalue weighted by Gasteiger charge is -2.37. The van der Waals surface area contributed by atoms with Crippen LogP contribution in [0.4, 0.5) is 0 Å². The second kappa shape index (κ2) is 1.97. The van der Waals surface area contributed by atoms with Gasteiger partial charge in [-0.3, -0.25) is 4.79 Å². The molecular formula is C8H13NO. The molecule has 2 aliphatic rings. The summed E-state index contributed by atoms with van der Waals surface area (Å²) in [6, 6.07) is 0. The molecule has 1 heterocycles. The van der Waals surface area contributed by atoms with E-state index in [4.69, 9.17) is 0 Å². The molecule has 1 aliphatic heterocycles. The van der Waals surface area contributed by atoms with Gasteiger partial charge in [0.05, 0.1) is 0 Å². The number of nitrogens with zero attached hydrogens (tertiary/aromatic N) is 1. The molecule has 0 N–H and O–H groups in total. The maximum absolute atomic E-state index is 11.3. The zero-order valence-electron chi connectivity index (χ0n) is 6.34. The first-order valence-corrected chi connectivity index (χ1v) is 4.06. The quantitative estimate of drug-likeness (QED) is 0.528. The lowest BCUT2D eigenvalue weighted by atomic mass is 10.0. The molecule has 0 atom stereocenters. The summed E-state index contributed by atoms with van der Waals surface area (Å²) in [6.45, 7) is 4.21. The highest BCUT2D eigenvalue weighted by molar-refractivity contribution is 5.81. The highest BCUT2D eigenvalue weighted by Gasteiger charge is 2.37. The average molecular weight is 139 g/mol. The summed E-state index contributed by atoms with van der Waals surface area (Å²) in [5.74, 6) is 1.59. The van der Waals surface area contributed by atoms with Crippen molar-refractivity contribution in [2.45, 2.75) is 19.8 Å². The van der Waals surface area contributed by atoms with Crippen LogP contribution in [0.25, 0.3) is 0 Å². The van der Waals surface area contributed by atoms with Crippen molar-refractivity contribution in [1.82, 2.24) is 4.90 Å². The Hall–Kier alpha value is -0.530. The van der Waals surface area contributed by atoms with Gasteiger partial charge in [-0.25, -0.2) is 0 Å². The number of hydrogen-bond donors (Lipinski definition) is 0. The Kier molecular flexibility index (Phi) is 1.22. The molecule has 56 valence electrons. The first-order valence-electron chi connectivity index (χ1n) is 4.06. The Morgan fingerprint density at radius 3 is 2.40 bits per heavy atom. The van der Waals surface area contributed by atoms with Crippen molar-refractivity contribution in [2.75, 3.05) is 13.1 Å². The number of amides is 1. The molecule has 1 aliphatic carbocycles. The molecule has 2 rings (SSSR count). The fourth-order valence-corrected chi connectivity index (χ4v) is 1.47. The summed E-state index contributed by atoms with van der Waals surface area (Å²) >= 11 is 0. The molecule has 1 saturated heterocycles. The van der Waals surface area contributed by atoms with Crippen molar-refractivity contribution in [3.63, 3.8) is 0 Å². The number of rotatable bonds is 1. The van der Waals surface area contributed by atoms with E-state index in [1.807, 2.05) is 4.90 Å². The highest BCUT2D eigenvalue weighted by Crippen LogP contribution is 2.33. The summed E-state index contributed by atoms with van der Waals surface area (Å²) in [4.78, 5) is 13.2. The number of hydrogen-bond acceptors (Lipinski definition) is 1. The van der Waals surface area contributed by atoms with Gasteiger partial charge in [-0.05, 0) is 18.8 Å². The van der Waals surface area contributed by atoms with Crippen molar-refractivity contribution in [3.8, 4) is 0 Å². The highest BCUT2D eigenvalue weighted by atomic mass is 16.2. The van der Waals surface area contributed by atoms with Gasteiger partial charge in [-0.15, -0.1) is 0 Å². The third kappa shape index (κ3) is 0.917. The zero-order valence-corrected chi connectivity index (χ0v) is 6.34. The molecule has 2 nitrogen and oxygen atoms in total. The standard InChI is InChI=1S/C8H13NO/c1-6-4-9(5-6)8(10)7-2-3-7/h6-7H,2-5H2,1H3. The van der Waals surface area contributed by atoms with E-state index in [1.54, 1.807) is 0 Å². The minimum atomic E-state index is 0.415. The molecule has 2 heteroatoms. The molecule has 1 amide bonds. The third-order valence-electron chi connectivity index (χ3n) is 2.30. The molecule has 2 fully saturated rings. The van der Waals surface area contributed by atoms with Gasteiger partial charge in [0.25, 0.3) is 0 Å². The largest absolute Gasteiger partial charge is 0.342 e. The molecule has 0 bridgehead atoms. The van der Waals surface area contributed by atoms with Gasteiger partial charge in [0.2, 0.25) is 5.91 Å². The molecule has 1 saturated carbocycles. The fraction of sp³-hybridized carbons (Fsp3) is 0.875. The third-order valence-corrected chi connectivity index (χ3v) is 2.30. The minimum Gasteiger partial charge on any atom is -0.342 e. The van der Waals surface area contributed by atoms with Gasteiger partial charge in [0.1, 0.15) is 0 Å². The van der Waals surface area contributed by atoms with Crippen LogP contribution in [0.5, 0.6) is 0 Å². The molecule has 0 aromatic rings. The van der Waals surface area contributed by atoms with Gasteiger partial charge >= 0.3 is 0 Å². The molecule has 10 heavy (non-hydrogen) atoms. The Morgan fingerprint density at radius 2 is 2.00 bits per heavy atom. The molecular weight excluding hydrogens is 126 g/mol. The first kappa shape index (κ1) is 6.20. The van der Waals surface area contributed by atoms with E-state index in [2.05, 4.69) is 6.92 Å². The van der Waals surface area contributed by atoms with E-state index >= 15 is 0 Å². The Bertz CT molecular complexity index is 157. The lowest BCUT2D eigenvalue weighted by Crippen LogP contribution is -2.49. The van der Waals surface area contributed by atoms with E-state index in [0.717, 1.165) is 31.8 Å². The van der Waals surface area contributed by atoms with E-state index < -0.39 is 0 Å². The van der Waals surface area contributed by atoms with Crippen LogP contribution in [0.1, 0.15) is 19.8 Å². The van der Waals surface area contributed by atoms with E-state index in [1.165, 1.54) is 0 Å². The van der Waals surface area contributed by atoms with Crippen molar-refractivity contribution < 1.29 is 4.79 Å². The van der Waals surface area contributed by atoms with Gasteiger partial charge < -0.3 is 4.90 Å². The van der Waals surface area contributed by atoms with Crippen LogP contribution in [0.2, 0.25) is 0 Å². The number of carbonyl (C=O) groups excluding carboxylic acids is 1. The van der Waals surface area contributed by atoms with Crippen LogP contribution < -0.4 is 0 Å². The average Bonchev–Trinajstić information content (AvgIpc) is 2.60. The second-order valence-electron chi connectivity index (χ2n) is 3.62. The first-order chi connectivity index (χ1) is 4.77. The topological polar surface area (TPSA) is 20.3 Å².